The molecular formula is C12H2Cl2O2S2. The van der Waals surface area contributed by atoms with E-state index >= 15 is 0 Å². The van der Waals surface area contributed by atoms with Gasteiger partial charge in [-0.3, -0.25) is 9.59 Å². The molecule has 0 atom stereocenters. The molecule has 2 heterocycles. The lowest BCUT2D eigenvalue weighted by molar-refractivity contribution is 0.563. The minimum absolute atomic E-state index is 0.377. The topological polar surface area (TPSA) is 34.1 Å². The summed E-state index contributed by atoms with van der Waals surface area (Å²) in [5, 5.41) is 2.35. The van der Waals surface area contributed by atoms with Crippen LogP contribution in [0.3, 0.4) is 0 Å². The number of rotatable bonds is 2. The van der Waals surface area contributed by atoms with E-state index < -0.39 is 0 Å². The lowest BCUT2D eigenvalue weighted by Gasteiger charge is -1.92. The maximum Gasteiger partial charge on any atom is 0.245 e. The molecule has 2 radical (unpaired) electrons. The van der Waals surface area contributed by atoms with E-state index in [4.69, 9.17) is 23.2 Å². The standard InChI is InChI=1S/C12H2Cl2O2S2/c13-11-5-1-7-6(12(14)10(4-16)17-7)2-8(5)18-9(11)3-15/h1-2H. The van der Waals surface area contributed by atoms with Gasteiger partial charge in [-0.2, -0.15) is 0 Å². The van der Waals surface area contributed by atoms with E-state index in [1.54, 1.807) is 0 Å². The fraction of sp³-hybridized carbons (Fsp3) is 0. The summed E-state index contributed by atoms with van der Waals surface area (Å²) in [7, 11) is 0. The highest BCUT2D eigenvalue weighted by Gasteiger charge is 2.15. The van der Waals surface area contributed by atoms with Crippen molar-refractivity contribution in [2.75, 3.05) is 0 Å². The van der Waals surface area contributed by atoms with Crippen LogP contribution in [0.25, 0.3) is 20.2 Å². The Morgan fingerprint density at radius 1 is 0.833 bits per heavy atom. The van der Waals surface area contributed by atoms with Crippen LogP contribution in [0.5, 0.6) is 0 Å². The molecule has 0 aliphatic heterocycles. The third-order valence-corrected chi connectivity index (χ3v) is 5.67. The van der Waals surface area contributed by atoms with Crippen LogP contribution in [-0.2, 0) is 9.59 Å². The number of fused-ring (bicyclic) bond motifs is 2. The van der Waals surface area contributed by atoms with Gasteiger partial charge in [0.25, 0.3) is 0 Å². The summed E-state index contributed by atoms with van der Waals surface area (Å²) < 4.78 is 1.70. The summed E-state index contributed by atoms with van der Waals surface area (Å²) >= 11 is 14.7. The molecule has 0 spiro atoms. The van der Waals surface area contributed by atoms with Crippen molar-refractivity contribution in [3.8, 4) is 0 Å². The predicted molar refractivity (Wildman–Crippen MR) is 76.8 cm³/mol. The van der Waals surface area contributed by atoms with Gasteiger partial charge in [-0.1, -0.05) is 23.2 Å². The van der Waals surface area contributed by atoms with Crippen molar-refractivity contribution >= 4 is 78.6 Å². The largest absolute Gasteiger partial charge is 0.284 e. The number of hydrogen-bond donors (Lipinski definition) is 0. The fourth-order valence-electron chi connectivity index (χ4n) is 1.76. The highest BCUT2D eigenvalue weighted by Crippen LogP contribution is 2.42. The Bertz CT molecular complexity index is 733. The van der Waals surface area contributed by atoms with Crippen molar-refractivity contribution in [1.29, 1.82) is 0 Å². The SMILES string of the molecule is O=[C]c1sc2cc3c(Cl)c([C]=O)sc3cc2c1Cl. The first-order valence-electron chi connectivity index (χ1n) is 4.76. The fourth-order valence-corrected chi connectivity index (χ4v) is 4.31. The van der Waals surface area contributed by atoms with Gasteiger partial charge in [0.05, 0.1) is 19.8 Å². The summed E-state index contributed by atoms with van der Waals surface area (Å²) in [6, 6.07) is 3.67. The lowest BCUT2D eigenvalue weighted by atomic mass is 10.2. The van der Waals surface area contributed by atoms with Gasteiger partial charge in [0.1, 0.15) is 0 Å². The number of benzene rings is 1. The molecule has 0 N–H and O–H groups in total. The van der Waals surface area contributed by atoms with Crippen molar-refractivity contribution < 1.29 is 9.59 Å². The molecule has 88 valence electrons. The Morgan fingerprint density at radius 2 is 1.22 bits per heavy atom. The molecule has 2 aromatic heterocycles. The lowest BCUT2D eigenvalue weighted by Crippen LogP contribution is -1.71. The summed E-state index contributed by atoms with van der Waals surface area (Å²) in [6.07, 6.45) is 3.63. The first kappa shape index (κ1) is 12.1. The number of carbonyl (C=O) groups excluding carboxylic acids is 2. The minimum atomic E-state index is 0.377. The average Bonchev–Trinajstić information content (AvgIpc) is 2.86. The van der Waals surface area contributed by atoms with Crippen molar-refractivity contribution in [2.24, 2.45) is 0 Å². The second kappa shape index (κ2) is 4.31. The Labute approximate surface area is 120 Å². The molecule has 6 heteroatoms. The second-order valence-electron chi connectivity index (χ2n) is 3.54. The molecule has 3 aromatic rings. The summed E-state index contributed by atoms with van der Waals surface area (Å²) in [6.45, 7) is 0. The Balaban J connectivity index is 2.45. The Hall–Kier alpha value is -0.940. The molecule has 0 saturated carbocycles. The second-order valence-corrected chi connectivity index (χ2v) is 6.40. The third-order valence-electron chi connectivity index (χ3n) is 2.56. The highest BCUT2D eigenvalue weighted by atomic mass is 35.5. The van der Waals surface area contributed by atoms with E-state index in [9.17, 15) is 9.59 Å². The molecule has 18 heavy (non-hydrogen) atoms. The number of halogens is 2. The van der Waals surface area contributed by atoms with Gasteiger partial charge < -0.3 is 0 Å². The zero-order chi connectivity index (χ0) is 12.9. The van der Waals surface area contributed by atoms with E-state index in [2.05, 4.69) is 0 Å². The van der Waals surface area contributed by atoms with Crippen LogP contribution in [0.15, 0.2) is 12.1 Å². The van der Waals surface area contributed by atoms with Gasteiger partial charge in [-0.25, -0.2) is 0 Å². The zero-order valence-electron chi connectivity index (χ0n) is 8.54. The van der Waals surface area contributed by atoms with Gasteiger partial charge in [-0.05, 0) is 12.1 Å². The van der Waals surface area contributed by atoms with Gasteiger partial charge >= 0.3 is 0 Å². The van der Waals surface area contributed by atoms with E-state index in [0.717, 1.165) is 20.2 Å². The van der Waals surface area contributed by atoms with Crippen molar-refractivity contribution in [2.45, 2.75) is 0 Å². The van der Waals surface area contributed by atoms with Crippen LogP contribution < -0.4 is 0 Å². The van der Waals surface area contributed by atoms with Gasteiger partial charge in [0, 0.05) is 20.2 Å². The Kier molecular flexibility index (Phi) is 2.90. The van der Waals surface area contributed by atoms with E-state index in [-0.39, 0.29) is 0 Å². The maximum absolute atomic E-state index is 10.7. The first-order valence-corrected chi connectivity index (χ1v) is 7.15. The average molecular weight is 313 g/mol. The predicted octanol–water partition coefficient (Wildman–Crippen LogP) is 4.34. The molecule has 0 aliphatic carbocycles. The summed E-state index contributed by atoms with van der Waals surface area (Å²) in [4.78, 5) is 22.2. The first-order chi connectivity index (χ1) is 8.65. The van der Waals surface area contributed by atoms with E-state index in [0.29, 0.717) is 19.8 Å². The van der Waals surface area contributed by atoms with E-state index in [1.165, 1.54) is 22.7 Å². The summed E-state index contributed by atoms with van der Waals surface area (Å²) in [5.41, 5.74) is 0. The van der Waals surface area contributed by atoms with Crippen LogP contribution in [0.4, 0.5) is 0 Å². The van der Waals surface area contributed by atoms with Crippen LogP contribution in [0.1, 0.15) is 9.75 Å². The van der Waals surface area contributed by atoms with Crippen molar-refractivity contribution in [3.63, 3.8) is 0 Å². The third kappa shape index (κ3) is 1.61. The molecule has 0 aliphatic rings. The molecule has 1 aromatic carbocycles. The van der Waals surface area contributed by atoms with Crippen LogP contribution in [0.2, 0.25) is 10.0 Å². The normalized spacial score (nSPS) is 11.2. The number of hydrogen-bond acceptors (Lipinski definition) is 4. The van der Waals surface area contributed by atoms with Crippen molar-refractivity contribution in [3.05, 3.63) is 31.9 Å². The van der Waals surface area contributed by atoms with Gasteiger partial charge in [0.15, 0.2) is 0 Å². The molecule has 2 nitrogen and oxygen atoms in total. The maximum atomic E-state index is 10.7. The quantitative estimate of drug-likeness (QED) is 0.705. The smallest absolute Gasteiger partial charge is 0.245 e. The van der Waals surface area contributed by atoms with Crippen LogP contribution >= 0.6 is 45.9 Å². The molecule has 0 amide bonds. The minimum Gasteiger partial charge on any atom is -0.284 e. The van der Waals surface area contributed by atoms with Crippen molar-refractivity contribution in [1.82, 2.24) is 0 Å². The summed E-state index contributed by atoms with van der Waals surface area (Å²) in [5.74, 6) is 0. The molecule has 0 unspecified atom stereocenters. The van der Waals surface area contributed by atoms with E-state index in [1.807, 2.05) is 24.7 Å². The number of thiophene rings is 2. The van der Waals surface area contributed by atoms with Gasteiger partial charge in [0.2, 0.25) is 12.6 Å². The molecule has 0 fully saturated rings. The molecule has 0 bridgehead atoms. The molecular weight excluding hydrogens is 311 g/mol. The van der Waals surface area contributed by atoms with Crippen LogP contribution in [0, 0.1) is 0 Å². The monoisotopic (exact) mass is 312 g/mol. The zero-order valence-corrected chi connectivity index (χ0v) is 11.7. The highest BCUT2D eigenvalue weighted by molar-refractivity contribution is 7.23. The van der Waals surface area contributed by atoms with Gasteiger partial charge in [-0.15, -0.1) is 22.7 Å². The Morgan fingerprint density at radius 3 is 1.56 bits per heavy atom. The molecule has 0 saturated heterocycles. The molecule has 3 rings (SSSR count). The van der Waals surface area contributed by atoms with Crippen LogP contribution in [-0.4, -0.2) is 12.6 Å².